The Labute approximate surface area is 218 Å². The number of benzene rings is 3. The van der Waals surface area contributed by atoms with E-state index < -0.39 is 11.1 Å². The number of carbonyl (C=O) groups is 2. The van der Waals surface area contributed by atoms with Crippen LogP contribution in [0.5, 0.6) is 0 Å². The number of amides is 2. The van der Waals surface area contributed by atoms with Crippen molar-refractivity contribution in [1.82, 2.24) is 9.36 Å². The van der Waals surface area contributed by atoms with Crippen molar-refractivity contribution in [1.29, 1.82) is 0 Å². The topological polar surface area (TPSA) is 85.1 Å². The lowest BCUT2D eigenvalue weighted by molar-refractivity contribution is -0.115. The summed E-state index contributed by atoms with van der Waals surface area (Å²) in [5, 5.41) is 5.17. The van der Waals surface area contributed by atoms with E-state index in [2.05, 4.69) is 10.6 Å². The van der Waals surface area contributed by atoms with E-state index in [-0.39, 0.29) is 23.1 Å². The van der Waals surface area contributed by atoms with Gasteiger partial charge in [0.25, 0.3) is 11.5 Å². The third-order valence-electron chi connectivity index (χ3n) is 5.94. The standard InChI is InChI=1S/C28H27FN4O3S/c1-4-24(27(35)31-25-18(2)32(3)33(28(25)36)22-10-6-5-7-11-22)37-23-12-8-9-21(17-23)30-26(34)19-13-15-20(29)16-14-19/h5-17,24H,4H2,1-3H3,(H,30,34)(H,31,35). The maximum Gasteiger partial charge on any atom is 0.295 e. The van der Waals surface area contributed by atoms with Crippen LogP contribution in [-0.4, -0.2) is 26.4 Å². The summed E-state index contributed by atoms with van der Waals surface area (Å²) in [6.45, 7) is 3.69. The fraction of sp³-hybridized carbons (Fsp3) is 0.179. The minimum absolute atomic E-state index is 0.246. The van der Waals surface area contributed by atoms with Gasteiger partial charge in [0.2, 0.25) is 5.91 Å². The van der Waals surface area contributed by atoms with Crippen molar-refractivity contribution >= 4 is 35.0 Å². The van der Waals surface area contributed by atoms with Gasteiger partial charge < -0.3 is 10.6 Å². The zero-order chi connectivity index (χ0) is 26.5. The quantitative estimate of drug-likeness (QED) is 0.307. The smallest absolute Gasteiger partial charge is 0.295 e. The molecule has 2 N–H and O–H groups in total. The van der Waals surface area contributed by atoms with Gasteiger partial charge >= 0.3 is 0 Å². The average Bonchev–Trinajstić information content (AvgIpc) is 3.11. The van der Waals surface area contributed by atoms with Crippen molar-refractivity contribution in [3.05, 3.63) is 106 Å². The summed E-state index contributed by atoms with van der Waals surface area (Å²) in [6, 6.07) is 21.7. The van der Waals surface area contributed by atoms with Crippen LogP contribution >= 0.6 is 11.8 Å². The summed E-state index contributed by atoms with van der Waals surface area (Å²) in [4.78, 5) is 39.6. The van der Waals surface area contributed by atoms with Gasteiger partial charge in [0, 0.05) is 23.2 Å². The Morgan fingerprint density at radius 1 is 0.973 bits per heavy atom. The Morgan fingerprint density at radius 3 is 2.35 bits per heavy atom. The van der Waals surface area contributed by atoms with E-state index in [1.54, 1.807) is 36.9 Å². The molecule has 0 saturated carbocycles. The van der Waals surface area contributed by atoms with Gasteiger partial charge in [-0.1, -0.05) is 31.2 Å². The van der Waals surface area contributed by atoms with Crippen LogP contribution in [0.1, 0.15) is 29.4 Å². The molecule has 4 aromatic rings. The van der Waals surface area contributed by atoms with Crippen molar-refractivity contribution in [2.75, 3.05) is 10.6 Å². The zero-order valence-corrected chi connectivity index (χ0v) is 21.5. The summed E-state index contributed by atoms with van der Waals surface area (Å²) in [5.74, 6) is -1.05. The summed E-state index contributed by atoms with van der Waals surface area (Å²) in [5.41, 5.74) is 2.19. The van der Waals surface area contributed by atoms with Crippen LogP contribution in [0, 0.1) is 12.7 Å². The molecule has 0 bridgehead atoms. The molecule has 0 aliphatic heterocycles. The lowest BCUT2D eigenvalue weighted by Crippen LogP contribution is -2.28. The van der Waals surface area contributed by atoms with Gasteiger partial charge in [-0.2, -0.15) is 0 Å². The Balaban J connectivity index is 1.48. The molecule has 37 heavy (non-hydrogen) atoms. The van der Waals surface area contributed by atoms with E-state index >= 15 is 0 Å². The van der Waals surface area contributed by atoms with Gasteiger partial charge in [-0.15, -0.1) is 11.8 Å². The number of aromatic nitrogens is 2. The van der Waals surface area contributed by atoms with E-state index in [9.17, 15) is 18.8 Å². The summed E-state index contributed by atoms with van der Waals surface area (Å²) in [7, 11) is 1.77. The highest BCUT2D eigenvalue weighted by atomic mass is 32.2. The molecule has 0 radical (unpaired) electrons. The van der Waals surface area contributed by atoms with Gasteiger partial charge in [-0.25, -0.2) is 9.07 Å². The van der Waals surface area contributed by atoms with Crippen LogP contribution in [0.25, 0.3) is 5.69 Å². The largest absolute Gasteiger partial charge is 0.322 e. The van der Waals surface area contributed by atoms with Gasteiger partial charge in [0.15, 0.2) is 0 Å². The van der Waals surface area contributed by atoms with Crippen LogP contribution in [0.15, 0.2) is 88.6 Å². The molecule has 1 heterocycles. The number of rotatable bonds is 8. The van der Waals surface area contributed by atoms with Crippen molar-refractivity contribution < 1.29 is 14.0 Å². The second-order valence-electron chi connectivity index (χ2n) is 8.43. The molecule has 4 rings (SSSR count). The first-order valence-corrected chi connectivity index (χ1v) is 12.6. The number of thioether (sulfide) groups is 1. The van der Waals surface area contributed by atoms with Gasteiger partial charge in [-0.3, -0.25) is 19.1 Å². The number of halogens is 1. The zero-order valence-electron chi connectivity index (χ0n) is 20.7. The predicted molar refractivity (Wildman–Crippen MR) is 145 cm³/mol. The van der Waals surface area contributed by atoms with Crippen LogP contribution in [0.4, 0.5) is 15.8 Å². The first kappa shape index (κ1) is 26.0. The van der Waals surface area contributed by atoms with Gasteiger partial charge in [0.1, 0.15) is 11.5 Å². The molecule has 1 unspecified atom stereocenters. The molecule has 0 saturated heterocycles. The maximum atomic E-state index is 13.2. The number of hydrogen-bond donors (Lipinski definition) is 2. The molecular weight excluding hydrogens is 491 g/mol. The molecule has 9 heteroatoms. The molecule has 7 nitrogen and oxygen atoms in total. The summed E-state index contributed by atoms with van der Waals surface area (Å²) in [6.07, 6.45) is 0.529. The fourth-order valence-corrected chi connectivity index (χ4v) is 4.87. The highest BCUT2D eigenvalue weighted by molar-refractivity contribution is 8.00. The summed E-state index contributed by atoms with van der Waals surface area (Å²) < 4.78 is 16.4. The lowest BCUT2D eigenvalue weighted by atomic mass is 10.2. The molecule has 1 atom stereocenters. The van der Waals surface area contributed by atoms with Crippen molar-refractivity contribution in [3.63, 3.8) is 0 Å². The Hall–Kier alpha value is -4.11. The van der Waals surface area contributed by atoms with E-state index in [0.29, 0.717) is 29.1 Å². The molecular formula is C28H27FN4O3S. The number of nitrogens with one attached hydrogen (secondary N) is 2. The molecule has 1 aromatic heterocycles. The van der Waals surface area contributed by atoms with Gasteiger partial charge in [-0.05, 0) is 67.9 Å². The predicted octanol–water partition coefficient (Wildman–Crippen LogP) is 5.39. The number of para-hydroxylation sites is 1. The molecule has 2 amide bonds. The minimum Gasteiger partial charge on any atom is -0.322 e. The highest BCUT2D eigenvalue weighted by Crippen LogP contribution is 2.29. The lowest BCUT2D eigenvalue weighted by Gasteiger charge is -2.15. The van der Waals surface area contributed by atoms with E-state index in [0.717, 1.165) is 4.90 Å². The third kappa shape index (κ3) is 5.83. The molecule has 0 aliphatic carbocycles. The maximum absolute atomic E-state index is 13.2. The van der Waals surface area contributed by atoms with Crippen LogP contribution in [0.3, 0.4) is 0 Å². The first-order valence-electron chi connectivity index (χ1n) is 11.8. The Bertz CT molecular complexity index is 1480. The first-order chi connectivity index (χ1) is 17.8. The number of hydrogen-bond acceptors (Lipinski definition) is 4. The second-order valence-corrected chi connectivity index (χ2v) is 9.71. The van der Waals surface area contributed by atoms with E-state index in [1.807, 2.05) is 43.3 Å². The third-order valence-corrected chi connectivity index (χ3v) is 7.30. The van der Waals surface area contributed by atoms with E-state index in [4.69, 9.17) is 0 Å². The molecule has 0 fully saturated rings. The normalized spacial score (nSPS) is 11.7. The molecule has 3 aromatic carbocycles. The van der Waals surface area contributed by atoms with Crippen LogP contribution < -0.4 is 16.2 Å². The van der Waals surface area contributed by atoms with Crippen molar-refractivity contribution in [2.24, 2.45) is 7.05 Å². The van der Waals surface area contributed by atoms with Crippen LogP contribution in [0.2, 0.25) is 0 Å². The highest BCUT2D eigenvalue weighted by Gasteiger charge is 2.23. The fourth-order valence-electron chi connectivity index (χ4n) is 3.85. The number of nitrogens with zero attached hydrogens (tertiary/aromatic N) is 2. The monoisotopic (exact) mass is 518 g/mol. The molecule has 190 valence electrons. The van der Waals surface area contributed by atoms with Crippen LogP contribution in [-0.2, 0) is 11.8 Å². The number of anilines is 2. The second kappa shape index (κ2) is 11.3. The number of carbonyl (C=O) groups excluding carboxylic acids is 2. The van der Waals surface area contributed by atoms with Gasteiger partial charge in [0.05, 0.1) is 16.6 Å². The molecule has 0 spiro atoms. The SMILES string of the molecule is CCC(Sc1cccc(NC(=O)c2ccc(F)cc2)c1)C(=O)Nc1c(C)n(C)n(-c2ccccc2)c1=O. The van der Waals surface area contributed by atoms with Crippen molar-refractivity contribution in [3.8, 4) is 5.69 Å². The summed E-state index contributed by atoms with van der Waals surface area (Å²) >= 11 is 1.35. The Kier molecular flexibility index (Phi) is 7.93. The molecule has 0 aliphatic rings. The van der Waals surface area contributed by atoms with E-state index in [1.165, 1.54) is 40.7 Å². The Morgan fingerprint density at radius 2 is 1.68 bits per heavy atom. The minimum atomic E-state index is -0.466. The average molecular weight is 519 g/mol. The van der Waals surface area contributed by atoms with Crippen molar-refractivity contribution in [2.45, 2.75) is 30.4 Å².